The van der Waals surface area contributed by atoms with Crippen LogP contribution < -0.4 is 10.1 Å². The summed E-state index contributed by atoms with van der Waals surface area (Å²) in [4.78, 5) is 0. The molecule has 0 aliphatic carbocycles. The van der Waals surface area contributed by atoms with Crippen LogP contribution in [-0.2, 0) is 6.54 Å². The monoisotopic (exact) mass is 257 g/mol. The van der Waals surface area contributed by atoms with Crippen molar-refractivity contribution >= 4 is 0 Å². The Hall–Kier alpha value is -1.84. The number of hydrogen-bond donors (Lipinski definition) is 2. The van der Waals surface area contributed by atoms with Gasteiger partial charge in [0.1, 0.15) is 11.9 Å². The summed E-state index contributed by atoms with van der Waals surface area (Å²) in [6, 6.07) is 15.4. The van der Waals surface area contributed by atoms with Crippen LogP contribution in [0.15, 0.2) is 48.5 Å². The Bertz CT molecular complexity index is 523. The zero-order chi connectivity index (χ0) is 13.7. The van der Waals surface area contributed by atoms with Gasteiger partial charge in [-0.3, -0.25) is 0 Å². The van der Waals surface area contributed by atoms with Crippen molar-refractivity contribution in [1.29, 1.82) is 0 Å². The maximum absolute atomic E-state index is 10.5. The van der Waals surface area contributed by atoms with Gasteiger partial charge in [0.15, 0.2) is 0 Å². The lowest BCUT2D eigenvalue weighted by atomic mass is 9.97. The van der Waals surface area contributed by atoms with Gasteiger partial charge in [-0.2, -0.15) is 0 Å². The molecule has 19 heavy (non-hydrogen) atoms. The van der Waals surface area contributed by atoms with Crippen LogP contribution >= 0.6 is 0 Å². The number of hydrogen-bond acceptors (Lipinski definition) is 3. The topological polar surface area (TPSA) is 41.5 Å². The number of benzene rings is 2. The van der Waals surface area contributed by atoms with Crippen LogP contribution in [0.3, 0.4) is 0 Å². The molecule has 0 amide bonds. The number of aliphatic hydroxyl groups is 1. The minimum atomic E-state index is -0.615. The average molecular weight is 257 g/mol. The zero-order valence-electron chi connectivity index (χ0n) is 11.3. The molecule has 100 valence electrons. The van der Waals surface area contributed by atoms with Gasteiger partial charge in [-0.25, -0.2) is 0 Å². The van der Waals surface area contributed by atoms with Crippen LogP contribution in [0.2, 0.25) is 0 Å². The van der Waals surface area contributed by atoms with Crippen molar-refractivity contribution in [1.82, 2.24) is 5.32 Å². The molecule has 2 aromatic rings. The standard InChI is InChI=1S/C16H19NO2/c1-17-11-13-5-3-4-6-15(13)16(18)12-7-9-14(19-2)10-8-12/h3-10,16-18H,11H2,1-2H3. The minimum Gasteiger partial charge on any atom is -0.497 e. The summed E-state index contributed by atoms with van der Waals surface area (Å²) < 4.78 is 5.13. The second kappa shape index (κ2) is 6.36. The van der Waals surface area contributed by atoms with Gasteiger partial charge in [0.25, 0.3) is 0 Å². The molecule has 0 bridgehead atoms. The van der Waals surface area contributed by atoms with Crippen LogP contribution in [0.5, 0.6) is 5.75 Å². The molecule has 3 heteroatoms. The highest BCUT2D eigenvalue weighted by molar-refractivity contribution is 5.37. The van der Waals surface area contributed by atoms with E-state index in [-0.39, 0.29) is 0 Å². The van der Waals surface area contributed by atoms with Gasteiger partial charge in [-0.15, -0.1) is 0 Å². The molecule has 0 saturated carbocycles. The Kier molecular flexibility index (Phi) is 4.55. The lowest BCUT2D eigenvalue weighted by Gasteiger charge is -2.16. The van der Waals surface area contributed by atoms with Crippen molar-refractivity contribution in [3.63, 3.8) is 0 Å². The first-order valence-electron chi connectivity index (χ1n) is 6.30. The molecule has 3 nitrogen and oxygen atoms in total. The van der Waals surface area contributed by atoms with Crippen molar-refractivity contribution in [2.75, 3.05) is 14.2 Å². The fourth-order valence-corrected chi connectivity index (χ4v) is 2.12. The third-order valence-electron chi connectivity index (χ3n) is 3.15. The number of aliphatic hydroxyl groups excluding tert-OH is 1. The van der Waals surface area contributed by atoms with E-state index in [4.69, 9.17) is 4.74 Å². The molecule has 1 unspecified atom stereocenters. The first kappa shape index (κ1) is 13.6. The van der Waals surface area contributed by atoms with Gasteiger partial charge in [-0.05, 0) is 35.9 Å². The predicted molar refractivity (Wildman–Crippen MR) is 76.3 cm³/mol. The Labute approximate surface area is 113 Å². The molecule has 2 aromatic carbocycles. The van der Waals surface area contributed by atoms with Gasteiger partial charge in [0.2, 0.25) is 0 Å². The van der Waals surface area contributed by atoms with E-state index in [1.165, 1.54) is 0 Å². The average Bonchev–Trinajstić information content (AvgIpc) is 2.47. The predicted octanol–water partition coefficient (Wildman–Crippen LogP) is 2.50. The van der Waals surface area contributed by atoms with Crippen molar-refractivity contribution in [2.45, 2.75) is 12.6 Å². The molecule has 0 aromatic heterocycles. The SMILES string of the molecule is CNCc1ccccc1C(O)c1ccc(OC)cc1. The summed E-state index contributed by atoms with van der Waals surface area (Å²) in [6.07, 6.45) is -0.615. The molecule has 1 atom stereocenters. The molecule has 0 heterocycles. The van der Waals surface area contributed by atoms with E-state index in [1.54, 1.807) is 7.11 Å². The van der Waals surface area contributed by atoms with Crippen LogP contribution in [0.25, 0.3) is 0 Å². The van der Waals surface area contributed by atoms with Gasteiger partial charge in [0, 0.05) is 6.54 Å². The summed E-state index contributed by atoms with van der Waals surface area (Å²) in [5.74, 6) is 0.791. The minimum absolute atomic E-state index is 0.615. The van der Waals surface area contributed by atoms with E-state index in [9.17, 15) is 5.11 Å². The number of methoxy groups -OCH3 is 1. The molecular weight excluding hydrogens is 238 g/mol. The second-order valence-electron chi connectivity index (χ2n) is 4.40. The van der Waals surface area contributed by atoms with Crippen molar-refractivity contribution in [3.05, 3.63) is 65.2 Å². The summed E-state index contributed by atoms with van der Waals surface area (Å²) in [5, 5.41) is 13.6. The first-order valence-corrected chi connectivity index (χ1v) is 6.30. The fourth-order valence-electron chi connectivity index (χ4n) is 2.12. The smallest absolute Gasteiger partial charge is 0.118 e. The Balaban J connectivity index is 2.29. The normalized spacial score (nSPS) is 12.2. The van der Waals surface area contributed by atoms with Gasteiger partial charge in [-0.1, -0.05) is 36.4 Å². The van der Waals surface area contributed by atoms with E-state index in [0.717, 1.165) is 29.0 Å². The number of nitrogens with one attached hydrogen (secondary N) is 1. The molecule has 0 aliphatic rings. The summed E-state index contributed by atoms with van der Waals surface area (Å²) >= 11 is 0. The molecule has 0 saturated heterocycles. The summed E-state index contributed by atoms with van der Waals surface area (Å²) in [6.45, 7) is 0.739. The van der Waals surface area contributed by atoms with Crippen LogP contribution in [-0.4, -0.2) is 19.3 Å². The first-order chi connectivity index (χ1) is 9.26. The van der Waals surface area contributed by atoms with Crippen LogP contribution in [0.4, 0.5) is 0 Å². The molecule has 2 N–H and O–H groups in total. The molecule has 0 radical (unpaired) electrons. The molecule has 0 spiro atoms. The van der Waals surface area contributed by atoms with Crippen molar-refractivity contribution < 1.29 is 9.84 Å². The van der Waals surface area contributed by atoms with E-state index >= 15 is 0 Å². The number of ether oxygens (including phenoxy) is 1. The van der Waals surface area contributed by atoms with Gasteiger partial charge < -0.3 is 15.2 Å². The largest absolute Gasteiger partial charge is 0.497 e. The fraction of sp³-hybridized carbons (Fsp3) is 0.250. The summed E-state index contributed by atoms with van der Waals surface area (Å²) in [5.41, 5.74) is 2.90. The maximum atomic E-state index is 10.5. The number of rotatable bonds is 5. The Morgan fingerprint density at radius 3 is 2.42 bits per heavy atom. The Morgan fingerprint density at radius 2 is 1.79 bits per heavy atom. The summed E-state index contributed by atoms with van der Waals surface area (Å²) in [7, 11) is 3.53. The van der Waals surface area contributed by atoms with E-state index in [2.05, 4.69) is 5.32 Å². The lowest BCUT2D eigenvalue weighted by Crippen LogP contribution is -2.10. The van der Waals surface area contributed by atoms with Crippen LogP contribution in [0.1, 0.15) is 22.8 Å². The third kappa shape index (κ3) is 3.13. The molecule has 0 aliphatic heterocycles. The van der Waals surface area contributed by atoms with Gasteiger partial charge in [0.05, 0.1) is 7.11 Å². The quantitative estimate of drug-likeness (QED) is 0.864. The van der Waals surface area contributed by atoms with Gasteiger partial charge >= 0.3 is 0 Å². The molecule has 0 fully saturated rings. The maximum Gasteiger partial charge on any atom is 0.118 e. The van der Waals surface area contributed by atoms with Crippen molar-refractivity contribution in [2.24, 2.45) is 0 Å². The second-order valence-corrected chi connectivity index (χ2v) is 4.40. The van der Waals surface area contributed by atoms with Crippen molar-refractivity contribution in [3.8, 4) is 5.75 Å². The Morgan fingerprint density at radius 1 is 1.11 bits per heavy atom. The molecular formula is C16H19NO2. The zero-order valence-corrected chi connectivity index (χ0v) is 11.3. The van der Waals surface area contributed by atoms with E-state index in [1.807, 2.05) is 55.6 Å². The lowest BCUT2D eigenvalue weighted by molar-refractivity contribution is 0.219. The highest BCUT2D eigenvalue weighted by Crippen LogP contribution is 2.26. The molecule has 2 rings (SSSR count). The van der Waals surface area contributed by atoms with E-state index in [0.29, 0.717) is 0 Å². The van der Waals surface area contributed by atoms with E-state index < -0.39 is 6.10 Å². The third-order valence-corrected chi connectivity index (χ3v) is 3.15. The van der Waals surface area contributed by atoms with Crippen LogP contribution in [0, 0.1) is 0 Å². The highest BCUT2D eigenvalue weighted by atomic mass is 16.5. The highest BCUT2D eigenvalue weighted by Gasteiger charge is 2.13.